The van der Waals surface area contributed by atoms with E-state index in [0.29, 0.717) is 5.92 Å². The molecule has 2 aliphatic heterocycles. The first-order chi connectivity index (χ1) is 12.9. The fraction of sp³-hybridized carbons (Fsp3) is 0.500. The van der Waals surface area contributed by atoms with Gasteiger partial charge in [0.2, 0.25) is 0 Å². The molecule has 0 spiro atoms. The van der Waals surface area contributed by atoms with Gasteiger partial charge in [-0.1, -0.05) is 37.3 Å². The SMILES string of the molecule is CC1=C(C)C2=C(N)[C@@](C)(CN3CCC(c4ccccc4)CC3)CC2=C(C)O1. The minimum atomic E-state index is 0.000744. The molecule has 1 fully saturated rings. The predicted molar refractivity (Wildman–Crippen MR) is 111 cm³/mol. The lowest BCUT2D eigenvalue weighted by molar-refractivity contribution is 0.155. The van der Waals surface area contributed by atoms with Crippen LogP contribution in [-0.4, -0.2) is 24.5 Å². The van der Waals surface area contributed by atoms with E-state index in [1.165, 1.54) is 35.1 Å². The van der Waals surface area contributed by atoms with Crippen molar-refractivity contribution in [1.29, 1.82) is 0 Å². The van der Waals surface area contributed by atoms with Crippen LogP contribution in [0.1, 0.15) is 58.4 Å². The summed E-state index contributed by atoms with van der Waals surface area (Å²) in [6.07, 6.45) is 3.46. The molecule has 0 amide bonds. The summed E-state index contributed by atoms with van der Waals surface area (Å²) >= 11 is 0. The summed E-state index contributed by atoms with van der Waals surface area (Å²) in [5.74, 6) is 2.72. The van der Waals surface area contributed by atoms with E-state index >= 15 is 0 Å². The number of hydrogen-bond donors (Lipinski definition) is 1. The molecule has 0 bridgehead atoms. The summed E-state index contributed by atoms with van der Waals surface area (Å²) in [7, 11) is 0. The summed E-state index contributed by atoms with van der Waals surface area (Å²) in [6, 6.07) is 11.0. The number of nitrogens with zero attached hydrogens (tertiary/aromatic N) is 1. The molecule has 1 aromatic carbocycles. The van der Waals surface area contributed by atoms with Crippen LogP contribution in [0.25, 0.3) is 0 Å². The van der Waals surface area contributed by atoms with Crippen LogP contribution < -0.4 is 5.73 Å². The van der Waals surface area contributed by atoms with Crippen molar-refractivity contribution in [2.75, 3.05) is 19.6 Å². The van der Waals surface area contributed by atoms with Gasteiger partial charge in [-0.2, -0.15) is 0 Å². The molecule has 1 saturated heterocycles. The number of likely N-dealkylation sites (tertiary alicyclic amines) is 1. The van der Waals surface area contributed by atoms with Crippen molar-refractivity contribution in [3.8, 4) is 0 Å². The molecule has 27 heavy (non-hydrogen) atoms. The minimum Gasteiger partial charge on any atom is -0.466 e. The lowest BCUT2D eigenvalue weighted by Crippen LogP contribution is -2.42. The van der Waals surface area contributed by atoms with E-state index in [-0.39, 0.29) is 5.41 Å². The van der Waals surface area contributed by atoms with Gasteiger partial charge < -0.3 is 15.4 Å². The molecule has 0 saturated carbocycles. The van der Waals surface area contributed by atoms with Crippen molar-refractivity contribution in [3.05, 3.63) is 69.8 Å². The van der Waals surface area contributed by atoms with Gasteiger partial charge in [0, 0.05) is 28.8 Å². The Hall–Kier alpha value is -2.00. The van der Waals surface area contributed by atoms with Gasteiger partial charge in [0.15, 0.2) is 0 Å². The van der Waals surface area contributed by atoms with E-state index in [9.17, 15) is 0 Å². The number of piperidine rings is 1. The van der Waals surface area contributed by atoms with Crippen molar-refractivity contribution < 1.29 is 4.74 Å². The number of nitrogens with two attached hydrogens (primary N) is 1. The van der Waals surface area contributed by atoms with Crippen molar-refractivity contribution in [1.82, 2.24) is 4.90 Å². The van der Waals surface area contributed by atoms with Crippen molar-refractivity contribution in [2.24, 2.45) is 11.1 Å². The van der Waals surface area contributed by atoms with Gasteiger partial charge in [0.05, 0.1) is 0 Å². The molecule has 4 rings (SSSR count). The summed E-state index contributed by atoms with van der Waals surface area (Å²) < 4.78 is 5.96. The smallest absolute Gasteiger partial charge is 0.104 e. The van der Waals surface area contributed by atoms with Gasteiger partial charge in [-0.15, -0.1) is 0 Å². The van der Waals surface area contributed by atoms with Crippen LogP contribution in [0.2, 0.25) is 0 Å². The Morgan fingerprint density at radius 2 is 1.74 bits per heavy atom. The molecule has 3 heteroatoms. The minimum absolute atomic E-state index is 0.000744. The largest absolute Gasteiger partial charge is 0.466 e. The van der Waals surface area contributed by atoms with Gasteiger partial charge in [-0.05, 0) is 70.2 Å². The second-order valence-corrected chi connectivity index (χ2v) is 8.81. The molecular formula is C24H32N2O. The fourth-order valence-electron chi connectivity index (χ4n) is 5.09. The topological polar surface area (TPSA) is 38.5 Å². The predicted octanol–water partition coefficient (Wildman–Crippen LogP) is 5.09. The maximum atomic E-state index is 6.75. The Morgan fingerprint density at radius 1 is 1.07 bits per heavy atom. The zero-order valence-electron chi connectivity index (χ0n) is 17.1. The summed E-state index contributed by atoms with van der Waals surface area (Å²) in [4.78, 5) is 2.62. The average Bonchev–Trinajstić information content (AvgIpc) is 2.93. The zero-order valence-corrected chi connectivity index (χ0v) is 17.1. The number of rotatable bonds is 3. The normalized spacial score (nSPS) is 27.3. The van der Waals surface area contributed by atoms with Gasteiger partial charge in [-0.25, -0.2) is 0 Å². The van der Waals surface area contributed by atoms with Crippen LogP contribution in [0.3, 0.4) is 0 Å². The highest BCUT2D eigenvalue weighted by Crippen LogP contribution is 2.50. The molecule has 1 aliphatic carbocycles. The Bertz CT molecular complexity index is 825. The first-order valence-corrected chi connectivity index (χ1v) is 10.2. The Labute approximate surface area is 163 Å². The first-order valence-electron chi connectivity index (χ1n) is 10.2. The maximum Gasteiger partial charge on any atom is 0.104 e. The molecule has 1 atom stereocenters. The van der Waals surface area contributed by atoms with Crippen LogP contribution in [-0.2, 0) is 4.74 Å². The standard InChI is InChI=1S/C24H32N2O/c1-16-17(2)27-18(3)21-14-24(4,23(25)22(16)21)15-26-12-10-20(11-13-26)19-8-6-5-7-9-19/h5-9,20H,10-15,25H2,1-4H3/t24-/m1/s1. The molecule has 1 aromatic rings. The maximum absolute atomic E-state index is 6.75. The second-order valence-electron chi connectivity index (χ2n) is 8.81. The molecule has 2 heterocycles. The molecule has 0 aromatic heterocycles. The lowest BCUT2D eigenvalue weighted by atomic mass is 9.84. The van der Waals surface area contributed by atoms with Gasteiger partial charge in [0.1, 0.15) is 11.5 Å². The Morgan fingerprint density at radius 3 is 2.41 bits per heavy atom. The van der Waals surface area contributed by atoms with Gasteiger partial charge in [-0.3, -0.25) is 0 Å². The first kappa shape index (κ1) is 18.4. The number of fused-ring (bicyclic) bond motifs is 1. The highest BCUT2D eigenvalue weighted by molar-refractivity contribution is 5.58. The second kappa shape index (κ2) is 6.87. The lowest BCUT2D eigenvalue weighted by Gasteiger charge is -2.38. The Balaban J connectivity index is 1.48. The van der Waals surface area contributed by atoms with Gasteiger partial charge >= 0.3 is 0 Å². The summed E-state index contributed by atoms with van der Waals surface area (Å²) in [5, 5.41) is 0. The number of ether oxygens (including phenoxy) is 1. The van der Waals surface area contributed by atoms with Crippen molar-refractivity contribution >= 4 is 0 Å². The number of allylic oxidation sites excluding steroid dienone is 5. The van der Waals surface area contributed by atoms with Crippen LogP contribution in [0.5, 0.6) is 0 Å². The quantitative estimate of drug-likeness (QED) is 0.812. The highest BCUT2D eigenvalue weighted by Gasteiger charge is 2.43. The summed E-state index contributed by atoms with van der Waals surface area (Å²) in [6.45, 7) is 11.9. The third kappa shape index (κ3) is 3.23. The van der Waals surface area contributed by atoms with Crippen molar-refractivity contribution in [3.63, 3.8) is 0 Å². The van der Waals surface area contributed by atoms with Crippen LogP contribution in [0, 0.1) is 5.41 Å². The van der Waals surface area contributed by atoms with Gasteiger partial charge in [0.25, 0.3) is 0 Å². The van der Waals surface area contributed by atoms with E-state index < -0.39 is 0 Å². The molecule has 144 valence electrons. The Kier molecular flexibility index (Phi) is 4.67. The van der Waals surface area contributed by atoms with Crippen molar-refractivity contribution in [2.45, 2.75) is 52.9 Å². The number of hydrogen-bond acceptors (Lipinski definition) is 3. The molecule has 3 aliphatic rings. The van der Waals surface area contributed by atoms with Crippen LogP contribution in [0.15, 0.2) is 64.3 Å². The molecule has 0 unspecified atom stereocenters. The van der Waals surface area contributed by atoms with Crippen LogP contribution in [0.4, 0.5) is 0 Å². The molecule has 0 radical (unpaired) electrons. The monoisotopic (exact) mass is 364 g/mol. The van der Waals surface area contributed by atoms with E-state index in [0.717, 1.165) is 43.3 Å². The third-order valence-corrected chi connectivity index (χ3v) is 6.85. The fourth-order valence-corrected chi connectivity index (χ4v) is 5.09. The average molecular weight is 365 g/mol. The molecule has 3 nitrogen and oxygen atoms in total. The summed E-state index contributed by atoms with van der Waals surface area (Å²) in [5.41, 5.74) is 13.1. The van der Waals surface area contributed by atoms with E-state index in [1.807, 2.05) is 6.92 Å². The van der Waals surface area contributed by atoms with Crippen LogP contribution >= 0.6 is 0 Å². The third-order valence-electron chi connectivity index (χ3n) is 6.85. The van der Waals surface area contributed by atoms with E-state index in [2.05, 4.69) is 56.0 Å². The van der Waals surface area contributed by atoms with E-state index in [1.54, 1.807) is 0 Å². The zero-order chi connectivity index (χ0) is 19.2. The van der Waals surface area contributed by atoms with E-state index in [4.69, 9.17) is 10.5 Å². The highest BCUT2D eigenvalue weighted by atomic mass is 16.5. The molecular weight excluding hydrogens is 332 g/mol. The number of benzene rings is 1. The molecule has 2 N–H and O–H groups in total.